The van der Waals surface area contributed by atoms with Crippen LogP contribution in [-0.4, -0.2) is 36.3 Å². The molecule has 1 fully saturated rings. The van der Waals surface area contributed by atoms with Gasteiger partial charge in [-0.25, -0.2) is 9.97 Å². The number of aryl methyl sites for hydroxylation is 1. The Kier molecular flexibility index (Phi) is 3.87. The highest BCUT2D eigenvalue weighted by molar-refractivity contribution is 5.71. The van der Waals surface area contributed by atoms with E-state index in [1.807, 2.05) is 37.3 Å². The molecule has 2 heterocycles. The van der Waals surface area contributed by atoms with Crippen LogP contribution in [-0.2, 0) is 4.74 Å². The summed E-state index contributed by atoms with van der Waals surface area (Å²) in [7, 11) is 0. The first-order chi connectivity index (χ1) is 10.2. The molecule has 0 bridgehead atoms. The number of nitrogen functional groups attached to an aromatic ring is 1. The van der Waals surface area contributed by atoms with Gasteiger partial charge in [0.1, 0.15) is 17.5 Å². The molecular weight excluding hydrogens is 266 g/mol. The zero-order chi connectivity index (χ0) is 14.7. The molecule has 6 heteroatoms. The second-order valence-corrected chi connectivity index (χ2v) is 4.97. The van der Waals surface area contributed by atoms with E-state index in [-0.39, 0.29) is 0 Å². The smallest absolute Gasteiger partial charge is 0.136 e. The molecule has 0 spiro atoms. The molecule has 2 aromatic rings. The van der Waals surface area contributed by atoms with E-state index in [4.69, 9.17) is 10.5 Å². The molecular formula is C15H19N5O. The first-order valence-corrected chi connectivity index (χ1v) is 7.02. The predicted octanol–water partition coefficient (Wildman–Crippen LogP) is 1.95. The lowest BCUT2D eigenvalue weighted by atomic mass is 10.2. The maximum Gasteiger partial charge on any atom is 0.136 e. The van der Waals surface area contributed by atoms with Gasteiger partial charge in [0.15, 0.2) is 0 Å². The van der Waals surface area contributed by atoms with E-state index < -0.39 is 0 Å². The van der Waals surface area contributed by atoms with Crippen LogP contribution in [0.2, 0.25) is 0 Å². The predicted molar refractivity (Wildman–Crippen MR) is 83.9 cm³/mol. The molecule has 1 aliphatic heterocycles. The number of para-hydroxylation sites is 2. The van der Waals surface area contributed by atoms with Gasteiger partial charge in [-0.3, -0.25) is 0 Å². The first-order valence-electron chi connectivity index (χ1n) is 7.02. The van der Waals surface area contributed by atoms with Gasteiger partial charge in [0.2, 0.25) is 0 Å². The van der Waals surface area contributed by atoms with Crippen LogP contribution in [0.25, 0.3) is 0 Å². The Morgan fingerprint density at radius 1 is 1.19 bits per heavy atom. The molecule has 110 valence electrons. The minimum Gasteiger partial charge on any atom is -0.397 e. The summed E-state index contributed by atoms with van der Waals surface area (Å²) in [5.41, 5.74) is 7.50. The largest absolute Gasteiger partial charge is 0.397 e. The van der Waals surface area contributed by atoms with Crippen molar-refractivity contribution in [2.75, 3.05) is 42.3 Å². The molecule has 6 nitrogen and oxygen atoms in total. The number of ether oxygens (including phenoxy) is 1. The van der Waals surface area contributed by atoms with E-state index in [9.17, 15) is 0 Å². The van der Waals surface area contributed by atoms with Crippen molar-refractivity contribution in [3.05, 3.63) is 36.2 Å². The van der Waals surface area contributed by atoms with Crippen LogP contribution in [0, 0.1) is 6.92 Å². The molecule has 0 aliphatic carbocycles. The van der Waals surface area contributed by atoms with Gasteiger partial charge in [0.25, 0.3) is 0 Å². The van der Waals surface area contributed by atoms with Gasteiger partial charge in [0, 0.05) is 19.2 Å². The number of anilines is 4. The molecule has 0 atom stereocenters. The van der Waals surface area contributed by atoms with Gasteiger partial charge >= 0.3 is 0 Å². The van der Waals surface area contributed by atoms with Crippen molar-refractivity contribution in [2.24, 2.45) is 0 Å². The summed E-state index contributed by atoms with van der Waals surface area (Å²) in [4.78, 5) is 11.1. The lowest BCUT2D eigenvalue weighted by Crippen LogP contribution is -2.36. The molecule has 1 aromatic carbocycles. The van der Waals surface area contributed by atoms with Crippen LogP contribution in [0.15, 0.2) is 30.3 Å². The molecule has 0 unspecified atom stereocenters. The van der Waals surface area contributed by atoms with E-state index in [0.717, 1.165) is 49.5 Å². The highest BCUT2D eigenvalue weighted by atomic mass is 16.5. The second kappa shape index (κ2) is 5.97. The van der Waals surface area contributed by atoms with Crippen molar-refractivity contribution >= 4 is 23.0 Å². The fourth-order valence-electron chi connectivity index (χ4n) is 2.32. The third-order valence-electron chi connectivity index (χ3n) is 3.38. The minimum absolute atomic E-state index is 0.696. The lowest BCUT2D eigenvalue weighted by molar-refractivity contribution is 0.122. The van der Waals surface area contributed by atoms with Gasteiger partial charge in [0.05, 0.1) is 24.6 Å². The van der Waals surface area contributed by atoms with Crippen molar-refractivity contribution in [3.63, 3.8) is 0 Å². The summed E-state index contributed by atoms with van der Waals surface area (Å²) in [5, 5.41) is 3.26. The fourth-order valence-corrected chi connectivity index (χ4v) is 2.32. The minimum atomic E-state index is 0.696. The Morgan fingerprint density at radius 3 is 2.71 bits per heavy atom. The molecule has 0 radical (unpaired) electrons. The zero-order valence-corrected chi connectivity index (χ0v) is 12.0. The third-order valence-corrected chi connectivity index (χ3v) is 3.38. The van der Waals surface area contributed by atoms with Gasteiger partial charge in [-0.15, -0.1) is 0 Å². The summed E-state index contributed by atoms with van der Waals surface area (Å²) < 4.78 is 5.38. The van der Waals surface area contributed by atoms with Crippen molar-refractivity contribution in [1.82, 2.24) is 9.97 Å². The van der Waals surface area contributed by atoms with E-state index >= 15 is 0 Å². The van der Waals surface area contributed by atoms with Crippen molar-refractivity contribution in [3.8, 4) is 0 Å². The summed E-state index contributed by atoms with van der Waals surface area (Å²) in [6.45, 7) is 5.06. The number of morpholine rings is 1. The molecule has 3 rings (SSSR count). The van der Waals surface area contributed by atoms with E-state index in [1.54, 1.807) is 0 Å². The number of aromatic nitrogens is 2. The number of hydrogen-bond donors (Lipinski definition) is 2. The fraction of sp³-hybridized carbons (Fsp3) is 0.333. The number of nitrogens with zero attached hydrogens (tertiary/aromatic N) is 3. The highest BCUT2D eigenvalue weighted by Gasteiger charge is 2.14. The lowest BCUT2D eigenvalue weighted by Gasteiger charge is -2.28. The van der Waals surface area contributed by atoms with Crippen LogP contribution in [0.1, 0.15) is 5.82 Å². The van der Waals surface area contributed by atoms with Gasteiger partial charge < -0.3 is 20.7 Å². The van der Waals surface area contributed by atoms with Crippen LogP contribution in [0.3, 0.4) is 0 Å². The molecule has 3 N–H and O–H groups in total. The highest BCUT2D eigenvalue weighted by Crippen LogP contribution is 2.24. The van der Waals surface area contributed by atoms with E-state index in [2.05, 4.69) is 20.2 Å². The molecule has 21 heavy (non-hydrogen) atoms. The number of hydrogen-bond acceptors (Lipinski definition) is 6. The first kappa shape index (κ1) is 13.6. The Hall–Kier alpha value is -2.34. The number of benzene rings is 1. The summed E-state index contributed by atoms with van der Waals surface area (Å²) in [5.74, 6) is 2.40. The Balaban J connectivity index is 1.85. The quantitative estimate of drug-likeness (QED) is 0.839. The molecule has 0 amide bonds. The second-order valence-electron chi connectivity index (χ2n) is 4.97. The van der Waals surface area contributed by atoms with Crippen LogP contribution in [0.4, 0.5) is 23.0 Å². The molecule has 1 aromatic heterocycles. The average molecular weight is 285 g/mol. The standard InChI is InChI=1S/C15H19N5O/c1-11-17-14(19-13-5-3-2-4-12(13)16)10-15(18-11)20-6-8-21-9-7-20/h2-5,10H,6-9,16H2,1H3,(H,17,18,19). The van der Waals surface area contributed by atoms with Crippen LogP contribution in [0.5, 0.6) is 0 Å². The normalized spacial score (nSPS) is 15.0. The van der Waals surface area contributed by atoms with Crippen LogP contribution < -0.4 is 16.0 Å². The Bertz CT molecular complexity index is 625. The van der Waals surface area contributed by atoms with Gasteiger partial charge in [-0.2, -0.15) is 0 Å². The summed E-state index contributed by atoms with van der Waals surface area (Å²) >= 11 is 0. The van der Waals surface area contributed by atoms with Gasteiger partial charge in [-0.1, -0.05) is 12.1 Å². The maximum absolute atomic E-state index is 5.95. The van der Waals surface area contributed by atoms with E-state index in [1.165, 1.54) is 0 Å². The zero-order valence-electron chi connectivity index (χ0n) is 12.0. The van der Waals surface area contributed by atoms with E-state index in [0.29, 0.717) is 5.69 Å². The molecule has 0 saturated carbocycles. The molecule has 1 aliphatic rings. The monoisotopic (exact) mass is 285 g/mol. The van der Waals surface area contributed by atoms with Crippen LogP contribution >= 0.6 is 0 Å². The Labute approximate surface area is 124 Å². The molecule has 1 saturated heterocycles. The van der Waals surface area contributed by atoms with Crippen molar-refractivity contribution < 1.29 is 4.74 Å². The Morgan fingerprint density at radius 2 is 1.95 bits per heavy atom. The number of nitrogens with one attached hydrogen (secondary N) is 1. The number of rotatable bonds is 3. The van der Waals surface area contributed by atoms with Gasteiger partial charge in [-0.05, 0) is 19.1 Å². The van der Waals surface area contributed by atoms with Crippen molar-refractivity contribution in [1.29, 1.82) is 0 Å². The van der Waals surface area contributed by atoms with Crippen molar-refractivity contribution in [2.45, 2.75) is 6.92 Å². The maximum atomic E-state index is 5.95. The topological polar surface area (TPSA) is 76.3 Å². The average Bonchev–Trinajstić information content (AvgIpc) is 2.50. The SMILES string of the molecule is Cc1nc(Nc2ccccc2N)cc(N2CCOCC2)n1. The number of nitrogens with two attached hydrogens (primary N) is 1. The summed E-state index contributed by atoms with van der Waals surface area (Å²) in [6, 6.07) is 9.59. The summed E-state index contributed by atoms with van der Waals surface area (Å²) in [6.07, 6.45) is 0. The third kappa shape index (κ3) is 3.22.